The molecule has 1 heterocycles. The predicted octanol–water partition coefficient (Wildman–Crippen LogP) is 1.06. The van der Waals surface area contributed by atoms with Crippen molar-refractivity contribution in [1.82, 2.24) is 10.6 Å². The minimum atomic E-state index is -0.847. The van der Waals surface area contributed by atoms with Crippen molar-refractivity contribution >= 4 is 29.1 Å². The number of halogens is 2. The number of hydrogen-bond donors (Lipinski definition) is 3. The molecule has 0 spiro atoms. The molecule has 92 valence electrons. The summed E-state index contributed by atoms with van der Waals surface area (Å²) in [4.78, 5) is 11.8. The zero-order chi connectivity index (χ0) is 12.5. The van der Waals surface area contributed by atoms with Gasteiger partial charge in [0.15, 0.2) is 0 Å². The van der Waals surface area contributed by atoms with Crippen LogP contribution < -0.4 is 10.6 Å². The molecule has 1 aliphatic rings. The number of benzene rings is 1. The highest BCUT2D eigenvalue weighted by Crippen LogP contribution is 2.20. The molecule has 4 nitrogen and oxygen atoms in total. The molecule has 0 unspecified atom stereocenters. The molecule has 1 amide bonds. The van der Waals surface area contributed by atoms with Gasteiger partial charge in [0, 0.05) is 24.7 Å². The van der Waals surface area contributed by atoms with E-state index in [1.165, 1.54) is 6.07 Å². The topological polar surface area (TPSA) is 61.4 Å². The SMILES string of the molecule is O=C(NCC1(O)CNC1)c1cc(Cl)ccc1Cl. The van der Waals surface area contributed by atoms with E-state index in [1.807, 2.05) is 0 Å². The number of carbonyl (C=O) groups excluding carboxylic acids is 1. The number of carbonyl (C=O) groups is 1. The third kappa shape index (κ3) is 2.90. The summed E-state index contributed by atoms with van der Waals surface area (Å²) in [6.45, 7) is 1.16. The maximum atomic E-state index is 11.8. The van der Waals surface area contributed by atoms with Gasteiger partial charge < -0.3 is 15.7 Å². The molecule has 1 saturated heterocycles. The quantitative estimate of drug-likeness (QED) is 0.773. The van der Waals surface area contributed by atoms with Gasteiger partial charge in [-0.05, 0) is 18.2 Å². The summed E-state index contributed by atoms with van der Waals surface area (Å²) in [5, 5.41) is 16.2. The van der Waals surface area contributed by atoms with Gasteiger partial charge in [-0.15, -0.1) is 0 Å². The van der Waals surface area contributed by atoms with Crippen molar-refractivity contribution < 1.29 is 9.90 Å². The summed E-state index contributed by atoms with van der Waals surface area (Å²) in [5.41, 5.74) is -0.532. The molecule has 1 aromatic carbocycles. The van der Waals surface area contributed by atoms with Gasteiger partial charge in [0.05, 0.1) is 10.6 Å². The summed E-state index contributed by atoms with van der Waals surface area (Å²) >= 11 is 11.7. The third-order valence-electron chi connectivity index (χ3n) is 2.66. The lowest BCUT2D eigenvalue weighted by Gasteiger charge is -2.37. The van der Waals surface area contributed by atoms with Gasteiger partial charge in [-0.2, -0.15) is 0 Å². The van der Waals surface area contributed by atoms with Crippen molar-refractivity contribution in [2.24, 2.45) is 0 Å². The number of amides is 1. The highest BCUT2D eigenvalue weighted by Gasteiger charge is 2.34. The Bertz CT molecular complexity index is 447. The van der Waals surface area contributed by atoms with Crippen LogP contribution in [0.1, 0.15) is 10.4 Å². The molecule has 0 atom stereocenters. The molecule has 3 N–H and O–H groups in total. The summed E-state index contributed by atoms with van der Waals surface area (Å²) in [7, 11) is 0. The van der Waals surface area contributed by atoms with Crippen molar-refractivity contribution in [2.75, 3.05) is 19.6 Å². The Hall–Kier alpha value is -0.810. The molecular weight excluding hydrogens is 263 g/mol. The van der Waals surface area contributed by atoms with Crippen LogP contribution in [0.25, 0.3) is 0 Å². The molecule has 0 saturated carbocycles. The summed E-state index contributed by atoms with van der Waals surface area (Å²) in [6, 6.07) is 4.69. The van der Waals surface area contributed by atoms with E-state index in [4.69, 9.17) is 23.2 Å². The molecule has 1 aliphatic heterocycles. The van der Waals surface area contributed by atoms with Crippen LogP contribution in [-0.4, -0.2) is 36.2 Å². The Kier molecular flexibility index (Phi) is 3.58. The third-order valence-corrected chi connectivity index (χ3v) is 3.22. The molecule has 1 fully saturated rings. The zero-order valence-corrected chi connectivity index (χ0v) is 10.5. The van der Waals surface area contributed by atoms with E-state index < -0.39 is 5.60 Å². The van der Waals surface area contributed by atoms with E-state index in [2.05, 4.69) is 10.6 Å². The molecule has 0 bridgehead atoms. The second-order valence-corrected chi connectivity index (χ2v) is 4.98. The van der Waals surface area contributed by atoms with Crippen LogP contribution in [0.4, 0.5) is 0 Å². The average molecular weight is 275 g/mol. The van der Waals surface area contributed by atoms with Gasteiger partial charge in [0.25, 0.3) is 5.91 Å². The van der Waals surface area contributed by atoms with Crippen molar-refractivity contribution in [2.45, 2.75) is 5.60 Å². The molecular formula is C11H12Cl2N2O2. The van der Waals surface area contributed by atoms with Crippen molar-refractivity contribution in [3.63, 3.8) is 0 Å². The average Bonchev–Trinajstić information content (AvgIpc) is 2.26. The fourth-order valence-corrected chi connectivity index (χ4v) is 1.93. The van der Waals surface area contributed by atoms with Crippen LogP contribution in [0.2, 0.25) is 10.0 Å². The van der Waals surface area contributed by atoms with Gasteiger partial charge in [-0.3, -0.25) is 4.79 Å². The van der Waals surface area contributed by atoms with Crippen molar-refractivity contribution in [1.29, 1.82) is 0 Å². The molecule has 1 aromatic rings. The van der Waals surface area contributed by atoms with Crippen molar-refractivity contribution in [3.8, 4) is 0 Å². The second-order valence-electron chi connectivity index (χ2n) is 4.13. The molecule has 6 heteroatoms. The summed E-state index contributed by atoms with van der Waals surface area (Å²) < 4.78 is 0. The lowest BCUT2D eigenvalue weighted by atomic mass is 9.97. The van der Waals surface area contributed by atoms with Crippen molar-refractivity contribution in [3.05, 3.63) is 33.8 Å². The highest BCUT2D eigenvalue weighted by molar-refractivity contribution is 6.35. The summed E-state index contributed by atoms with van der Waals surface area (Å²) in [6.07, 6.45) is 0. The van der Waals surface area contributed by atoms with E-state index in [1.54, 1.807) is 12.1 Å². The van der Waals surface area contributed by atoms with E-state index in [0.717, 1.165) is 0 Å². The lowest BCUT2D eigenvalue weighted by Crippen LogP contribution is -2.64. The molecule has 17 heavy (non-hydrogen) atoms. The zero-order valence-electron chi connectivity index (χ0n) is 8.96. The Morgan fingerprint density at radius 3 is 2.76 bits per heavy atom. The highest BCUT2D eigenvalue weighted by atomic mass is 35.5. The van der Waals surface area contributed by atoms with Crippen LogP contribution in [0.5, 0.6) is 0 Å². The lowest BCUT2D eigenvalue weighted by molar-refractivity contribution is -0.00759. The van der Waals surface area contributed by atoms with E-state index in [0.29, 0.717) is 28.7 Å². The van der Waals surface area contributed by atoms with E-state index >= 15 is 0 Å². The molecule has 0 radical (unpaired) electrons. The fraction of sp³-hybridized carbons (Fsp3) is 0.364. The van der Waals surface area contributed by atoms with Crippen LogP contribution >= 0.6 is 23.2 Å². The monoisotopic (exact) mass is 274 g/mol. The number of β-amino-alcohol motifs (C(OH)–C–C–N with tert-alkyl or cyclic N) is 1. The largest absolute Gasteiger partial charge is 0.385 e. The smallest absolute Gasteiger partial charge is 0.252 e. The van der Waals surface area contributed by atoms with Gasteiger partial charge in [0.1, 0.15) is 5.60 Å². The first-order valence-electron chi connectivity index (χ1n) is 5.17. The summed E-state index contributed by atoms with van der Waals surface area (Å²) in [5.74, 6) is -0.335. The maximum Gasteiger partial charge on any atom is 0.252 e. The molecule has 0 aromatic heterocycles. The Balaban J connectivity index is 2.01. The Labute approximate surface area is 109 Å². The van der Waals surface area contributed by atoms with Gasteiger partial charge in [-0.25, -0.2) is 0 Å². The predicted molar refractivity (Wildman–Crippen MR) is 66.6 cm³/mol. The van der Waals surface area contributed by atoms with Crippen LogP contribution in [0.15, 0.2) is 18.2 Å². The number of nitrogens with one attached hydrogen (secondary N) is 2. The normalized spacial score (nSPS) is 17.4. The van der Waals surface area contributed by atoms with Crippen LogP contribution in [0, 0.1) is 0 Å². The fourth-order valence-electron chi connectivity index (χ4n) is 1.55. The molecule has 2 rings (SSSR count). The Morgan fingerprint density at radius 2 is 2.18 bits per heavy atom. The minimum Gasteiger partial charge on any atom is -0.385 e. The van der Waals surface area contributed by atoms with E-state index in [9.17, 15) is 9.90 Å². The van der Waals surface area contributed by atoms with E-state index in [-0.39, 0.29) is 12.5 Å². The van der Waals surface area contributed by atoms with Gasteiger partial charge >= 0.3 is 0 Å². The minimum absolute atomic E-state index is 0.196. The Morgan fingerprint density at radius 1 is 1.47 bits per heavy atom. The van der Waals surface area contributed by atoms with Gasteiger partial charge in [0.2, 0.25) is 0 Å². The van der Waals surface area contributed by atoms with Crippen LogP contribution in [0.3, 0.4) is 0 Å². The van der Waals surface area contributed by atoms with Gasteiger partial charge in [-0.1, -0.05) is 23.2 Å². The van der Waals surface area contributed by atoms with Crippen LogP contribution in [-0.2, 0) is 0 Å². The molecule has 0 aliphatic carbocycles. The first kappa shape index (κ1) is 12.6. The first-order chi connectivity index (χ1) is 8.00. The maximum absolute atomic E-state index is 11.8. The number of aliphatic hydroxyl groups is 1. The first-order valence-corrected chi connectivity index (χ1v) is 5.92. The second kappa shape index (κ2) is 4.82. The number of rotatable bonds is 3. The standard InChI is InChI=1S/C11H12Cl2N2O2/c12-7-1-2-9(13)8(3-7)10(16)15-6-11(17)4-14-5-11/h1-3,14,17H,4-6H2,(H,15,16). The number of hydrogen-bond acceptors (Lipinski definition) is 3.